The van der Waals surface area contributed by atoms with Crippen molar-refractivity contribution in [1.29, 1.82) is 0 Å². The van der Waals surface area contributed by atoms with E-state index in [1.165, 1.54) is 18.2 Å². The number of nitrogens with one attached hydrogen (secondary N) is 1. The molecule has 1 aromatic heterocycles. The summed E-state index contributed by atoms with van der Waals surface area (Å²) in [6.45, 7) is -0.140. The molecule has 0 unspecified atom stereocenters. The number of hydrogen-bond acceptors (Lipinski definition) is 7. The first kappa shape index (κ1) is 14.8. The molecule has 0 saturated carbocycles. The fourth-order valence-electron chi connectivity index (χ4n) is 1.90. The number of thiophene rings is 1. The smallest absolute Gasteiger partial charge is 0.346 e. The summed E-state index contributed by atoms with van der Waals surface area (Å²) < 4.78 is 10.6. The molecule has 0 atom stereocenters. The first-order valence-corrected chi connectivity index (χ1v) is 7.02. The van der Waals surface area contributed by atoms with E-state index >= 15 is 0 Å². The average Bonchev–Trinajstić information content (AvgIpc) is 2.92. The van der Waals surface area contributed by atoms with Crippen LogP contribution in [0.25, 0.3) is 0 Å². The van der Waals surface area contributed by atoms with Gasteiger partial charge in [-0.3, -0.25) is 14.9 Å². The Bertz CT molecular complexity index is 830. The molecule has 2 heterocycles. The number of benzene rings is 1. The van der Waals surface area contributed by atoms with Gasteiger partial charge in [0.25, 0.3) is 11.0 Å². The number of carboxylic acids is 1. The Morgan fingerprint density at radius 3 is 2.91 bits per heavy atom. The van der Waals surface area contributed by atoms with Crippen LogP contribution in [0.3, 0.4) is 0 Å². The van der Waals surface area contributed by atoms with Crippen LogP contribution >= 0.6 is 11.3 Å². The van der Waals surface area contributed by atoms with E-state index < -0.39 is 16.6 Å². The summed E-state index contributed by atoms with van der Waals surface area (Å²) in [5.74, 6) is -0.975. The van der Waals surface area contributed by atoms with Crippen molar-refractivity contribution in [3.05, 3.63) is 39.3 Å². The number of hydrogen-bond donors (Lipinski definition) is 2. The third-order valence-electron chi connectivity index (χ3n) is 2.88. The van der Waals surface area contributed by atoms with Crippen LogP contribution in [0.1, 0.15) is 9.67 Å². The van der Waals surface area contributed by atoms with Gasteiger partial charge in [-0.15, -0.1) is 0 Å². The number of fused-ring (bicyclic) bond motifs is 1. The van der Waals surface area contributed by atoms with Crippen LogP contribution in [0, 0.1) is 10.1 Å². The van der Waals surface area contributed by atoms with E-state index in [0.717, 1.165) is 6.07 Å². The van der Waals surface area contributed by atoms with Gasteiger partial charge in [-0.2, -0.15) is 0 Å². The number of nitro groups is 1. The minimum atomic E-state index is -1.27. The number of carbonyl (C=O) groups excluding carboxylic acids is 1. The number of rotatable bonds is 4. The van der Waals surface area contributed by atoms with Gasteiger partial charge >= 0.3 is 11.7 Å². The first-order chi connectivity index (χ1) is 10.9. The van der Waals surface area contributed by atoms with Crippen molar-refractivity contribution in [3.63, 3.8) is 0 Å². The van der Waals surface area contributed by atoms with Gasteiger partial charge in [-0.05, 0) is 12.1 Å². The Balaban J connectivity index is 1.91. The summed E-state index contributed by atoms with van der Waals surface area (Å²) in [5, 5.41) is 22.4. The zero-order valence-electron chi connectivity index (χ0n) is 11.3. The summed E-state index contributed by atoms with van der Waals surface area (Å²) >= 11 is 0.655. The lowest BCUT2D eigenvalue weighted by atomic mass is 10.2. The van der Waals surface area contributed by atoms with Crippen LogP contribution in [-0.4, -0.2) is 28.5 Å². The van der Waals surface area contributed by atoms with Gasteiger partial charge < -0.3 is 19.9 Å². The molecule has 2 N–H and O–H groups in total. The van der Waals surface area contributed by atoms with Crippen molar-refractivity contribution in [2.75, 3.05) is 11.9 Å². The van der Waals surface area contributed by atoms with Crippen molar-refractivity contribution < 1.29 is 29.1 Å². The monoisotopic (exact) mass is 336 g/mol. The minimum Gasteiger partial charge on any atom is -0.481 e. The highest BCUT2D eigenvalue weighted by Crippen LogP contribution is 2.41. The van der Waals surface area contributed by atoms with E-state index in [1.54, 1.807) is 0 Å². The second kappa shape index (κ2) is 5.57. The molecule has 1 aliphatic heterocycles. The largest absolute Gasteiger partial charge is 0.481 e. The highest BCUT2D eigenvalue weighted by molar-refractivity contribution is 7.16. The summed E-state index contributed by atoms with van der Waals surface area (Å²) in [5.41, 5.74) is 0.0276. The van der Waals surface area contributed by atoms with Crippen molar-refractivity contribution >= 4 is 34.6 Å². The predicted octanol–water partition coefficient (Wildman–Crippen LogP) is 2.48. The van der Waals surface area contributed by atoms with Gasteiger partial charge in [-0.1, -0.05) is 11.3 Å². The molecule has 0 saturated heterocycles. The standard InChI is InChI=1S/C13H8N2O7S/c16-11-5-21-9-3-6(1-2-7(9)14-11)22-13-8(15(19)20)4-10(23-13)12(17)18/h1-4H,5H2,(H,14,16)(H,17,18). The molecule has 23 heavy (non-hydrogen) atoms. The maximum atomic E-state index is 11.2. The minimum absolute atomic E-state index is 0.140. The predicted molar refractivity (Wildman–Crippen MR) is 78.6 cm³/mol. The zero-order chi connectivity index (χ0) is 16.6. The number of amides is 1. The van der Waals surface area contributed by atoms with E-state index in [2.05, 4.69) is 5.32 Å². The molecule has 0 bridgehead atoms. The number of carbonyl (C=O) groups is 2. The van der Waals surface area contributed by atoms with Gasteiger partial charge in [-0.25, -0.2) is 4.79 Å². The van der Waals surface area contributed by atoms with Crippen molar-refractivity contribution in [3.8, 4) is 16.6 Å². The van der Waals surface area contributed by atoms with Crippen LogP contribution in [-0.2, 0) is 4.79 Å². The Labute approximate surface area is 132 Å². The number of ether oxygens (including phenoxy) is 2. The fourth-order valence-corrected chi connectivity index (χ4v) is 2.73. The maximum Gasteiger partial charge on any atom is 0.346 e. The van der Waals surface area contributed by atoms with Crippen molar-refractivity contribution in [1.82, 2.24) is 0 Å². The molecule has 1 amide bonds. The second-order valence-corrected chi connectivity index (χ2v) is 5.46. The molecule has 0 fully saturated rings. The van der Waals surface area contributed by atoms with Crippen LogP contribution in [0.2, 0.25) is 0 Å². The van der Waals surface area contributed by atoms with E-state index in [1.807, 2.05) is 0 Å². The first-order valence-electron chi connectivity index (χ1n) is 6.20. The second-order valence-electron chi connectivity index (χ2n) is 4.44. The molecule has 0 spiro atoms. The highest BCUT2D eigenvalue weighted by atomic mass is 32.1. The van der Waals surface area contributed by atoms with Crippen molar-refractivity contribution in [2.45, 2.75) is 0 Å². The van der Waals surface area contributed by atoms with Gasteiger partial charge in [0.15, 0.2) is 6.61 Å². The zero-order valence-corrected chi connectivity index (χ0v) is 12.1. The van der Waals surface area contributed by atoms with E-state index in [0.29, 0.717) is 22.8 Å². The van der Waals surface area contributed by atoms with Crippen LogP contribution < -0.4 is 14.8 Å². The lowest BCUT2D eigenvalue weighted by Crippen LogP contribution is -2.25. The molecular formula is C13H8N2O7S. The Hall–Kier alpha value is -3.14. The molecule has 1 aliphatic rings. The SMILES string of the molecule is O=C1COc2cc(Oc3sc(C(=O)O)cc3[N+](=O)[O-])ccc2N1. The lowest BCUT2D eigenvalue weighted by molar-refractivity contribution is -0.385. The fraction of sp³-hybridized carbons (Fsp3) is 0.0769. The Kier molecular flexibility index (Phi) is 3.58. The van der Waals surface area contributed by atoms with Gasteiger partial charge in [0.2, 0.25) is 0 Å². The molecule has 9 nitrogen and oxygen atoms in total. The van der Waals surface area contributed by atoms with Crippen molar-refractivity contribution in [2.24, 2.45) is 0 Å². The average molecular weight is 336 g/mol. The van der Waals surface area contributed by atoms with Gasteiger partial charge in [0.1, 0.15) is 16.4 Å². The number of aromatic carboxylic acids is 1. The van der Waals surface area contributed by atoms with Crippen LogP contribution in [0.5, 0.6) is 16.6 Å². The van der Waals surface area contributed by atoms with Crippen LogP contribution in [0.4, 0.5) is 11.4 Å². The number of anilines is 1. The van der Waals surface area contributed by atoms with E-state index in [9.17, 15) is 19.7 Å². The molecule has 0 aliphatic carbocycles. The van der Waals surface area contributed by atoms with E-state index in [4.69, 9.17) is 14.6 Å². The quantitative estimate of drug-likeness (QED) is 0.648. The molecule has 3 rings (SSSR count). The van der Waals surface area contributed by atoms with Crippen LogP contribution in [0.15, 0.2) is 24.3 Å². The van der Waals surface area contributed by atoms with Gasteiger partial charge in [0, 0.05) is 12.1 Å². The molecule has 0 radical (unpaired) electrons. The molecule has 2 aromatic rings. The summed E-state index contributed by atoms with van der Waals surface area (Å²) in [7, 11) is 0. The molecule has 10 heteroatoms. The van der Waals surface area contributed by atoms with E-state index in [-0.39, 0.29) is 28.2 Å². The normalized spacial score (nSPS) is 12.8. The number of carboxylic acid groups (broad SMARTS) is 1. The third-order valence-corrected chi connectivity index (χ3v) is 3.87. The summed E-state index contributed by atoms with van der Waals surface area (Å²) in [6.07, 6.45) is 0. The summed E-state index contributed by atoms with van der Waals surface area (Å²) in [4.78, 5) is 32.2. The maximum absolute atomic E-state index is 11.2. The topological polar surface area (TPSA) is 128 Å². The molecule has 1 aromatic carbocycles. The molecule has 118 valence electrons. The third kappa shape index (κ3) is 2.92. The highest BCUT2D eigenvalue weighted by Gasteiger charge is 2.25. The Morgan fingerprint density at radius 1 is 1.43 bits per heavy atom. The lowest BCUT2D eigenvalue weighted by Gasteiger charge is -2.18. The summed E-state index contributed by atoms with van der Waals surface area (Å²) in [6, 6.07) is 5.41. The molecular weight excluding hydrogens is 328 g/mol. The number of nitrogens with zero attached hydrogens (tertiary/aromatic N) is 1. The van der Waals surface area contributed by atoms with Gasteiger partial charge in [0.05, 0.1) is 10.6 Å². The Morgan fingerprint density at radius 2 is 2.22 bits per heavy atom.